The molecule has 17 heavy (non-hydrogen) atoms. The largest absolute Gasteiger partial charge is 0.457 e. The first kappa shape index (κ1) is 12.0. The van der Waals surface area contributed by atoms with Crippen molar-refractivity contribution < 1.29 is 9.53 Å². The first-order valence-electron chi connectivity index (χ1n) is 5.09. The molecule has 0 bridgehead atoms. The van der Waals surface area contributed by atoms with Crippen LogP contribution in [0.15, 0.2) is 48.7 Å². The van der Waals surface area contributed by atoms with E-state index in [4.69, 9.17) is 4.74 Å². The van der Waals surface area contributed by atoms with Crippen LogP contribution in [0.3, 0.4) is 0 Å². The number of ether oxygens (including phenoxy) is 1. The lowest BCUT2D eigenvalue weighted by Gasteiger charge is -2.05. The second-order valence-corrected chi connectivity index (χ2v) is 4.43. The van der Waals surface area contributed by atoms with Gasteiger partial charge in [0.25, 0.3) is 0 Å². The summed E-state index contributed by atoms with van der Waals surface area (Å²) in [5.74, 6) is -0.341. The fourth-order valence-corrected chi connectivity index (χ4v) is 1.90. The Bertz CT molecular complexity index is 514. The maximum atomic E-state index is 11.8. The quantitative estimate of drug-likeness (QED) is 0.490. The number of hydrogen-bond donors (Lipinski definition) is 0. The van der Waals surface area contributed by atoms with Crippen LogP contribution in [0, 0.1) is 3.70 Å². The van der Waals surface area contributed by atoms with Crippen LogP contribution >= 0.6 is 22.6 Å². The number of halogens is 1. The maximum Gasteiger partial charge on any atom is 0.341 e. The molecule has 86 valence electrons. The van der Waals surface area contributed by atoms with Crippen molar-refractivity contribution >= 4 is 28.6 Å². The van der Waals surface area contributed by atoms with Gasteiger partial charge in [0, 0.05) is 6.20 Å². The van der Waals surface area contributed by atoms with Gasteiger partial charge in [-0.1, -0.05) is 30.3 Å². The van der Waals surface area contributed by atoms with Gasteiger partial charge in [0.15, 0.2) is 0 Å². The van der Waals surface area contributed by atoms with Crippen molar-refractivity contribution in [3.63, 3.8) is 0 Å². The van der Waals surface area contributed by atoms with Crippen LogP contribution in [0.2, 0.25) is 0 Å². The standard InChI is InChI=1S/C13H10INO2/c14-12-11(7-4-8-15-12)13(16)17-9-10-5-2-1-3-6-10/h1-8H,9H2. The smallest absolute Gasteiger partial charge is 0.341 e. The number of carbonyl (C=O) groups is 1. The summed E-state index contributed by atoms with van der Waals surface area (Å²) in [6, 6.07) is 13.0. The van der Waals surface area contributed by atoms with Crippen LogP contribution in [0.25, 0.3) is 0 Å². The summed E-state index contributed by atoms with van der Waals surface area (Å²) in [6.07, 6.45) is 1.65. The number of aromatic nitrogens is 1. The fourth-order valence-electron chi connectivity index (χ4n) is 1.34. The van der Waals surface area contributed by atoms with E-state index in [-0.39, 0.29) is 12.6 Å². The van der Waals surface area contributed by atoms with Crippen LogP contribution in [0.4, 0.5) is 0 Å². The van der Waals surface area contributed by atoms with Gasteiger partial charge in [0.1, 0.15) is 10.3 Å². The molecule has 0 atom stereocenters. The normalized spacial score (nSPS) is 9.94. The third kappa shape index (κ3) is 3.26. The Hall–Kier alpha value is -1.43. The Morgan fingerprint density at radius 3 is 2.65 bits per heavy atom. The summed E-state index contributed by atoms with van der Waals surface area (Å²) < 4.78 is 5.87. The molecule has 0 aliphatic rings. The van der Waals surface area contributed by atoms with E-state index < -0.39 is 0 Å². The third-order valence-corrected chi connectivity index (χ3v) is 3.05. The van der Waals surface area contributed by atoms with E-state index in [1.807, 2.05) is 52.9 Å². The zero-order chi connectivity index (χ0) is 12.1. The van der Waals surface area contributed by atoms with Gasteiger partial charge in [-0.05, 0) is 40.3 Å². The van der Waals surface area contributed by atoms with Gasteiger partial charge >= 0.3 is 5.97 Å². The lowest BCUT2D eigenvalue weighted by molar-refractivity contribution is 0.0471. The molecule has 0 unspecified atom stereocenters. The summed E-state index contributed by atoms with van der Waals surface area (Å²) in [4.78, 5) is 15.8. The predicted octanol–water partition coefficient (Wildman–Crippen LogP) is 3.04. The molecule has 0 saturated heterocycles. The number of rotatable bonds is 3. The van der Waals surface area contributed by atoms with Gasteiger partial charge in [-0.3, -0.25) is 0 Å². The van der Waals surface area contributed by atoms with Gasteiger partial charge < -0.3 is 4.74 Å². The molecule has 1 aromatic heterocycles. The number of esters is 1. The van der Waals surface area contributed by atoms with E-state index in [1.165, 1.54) is 0 Å². The van der Waals surface area contributed by atoms with Crippen molar-refractivity contribution in [1.82, 2.24) is 4.98 Å². The highest BCUT2D eigenvalue weighted by atomic mass is 127. The minimum atomic E-state index is -0.341. The summed E-state index contributed by atoms with van der Waals surface area (Å²) >= 11 is 2.02. The second-order valence-electron chi connectivity index (χ2n) is 3.40. The maximum absolute atomic E-state index is 11.8. The van der Waals surface area contributed by atoms with Crippen molar-refractivity contribution in [3.05, 3.63) is 63.5 Å². The van der Waals surface area contributed by atoms with E-state index in [0.717, 1.165) is 5.56 Å². The van der Waals surface area contributed by atoms with Crippen molar-refractivity contribution in [1.29, 1.82) is 0 Å². The Morgan fingerprint density at radius 2 is 1.94 bits per heavy atom. The number of nitrogens with zero attached hydrogens (tertiary/aromatic N) is 1. The number of benzene rings is 1. The molecule has 0 radical (unpaired) electrons. The van der Waals surface area contributed by atoms with Gasteiger partial charge in [-0.25, -0.2) is 9.78 Å². The van der Waals surface area contributed by atoms with Gasteiger partial charge in [0.2, 0.25) is 0 Å². The van der Waals surface area contributed by atoms with Crippen LogP contribution in [0.5, 0.6) is 0 Å². The number of hydrogen-bond acceptors (Lipinski definition) is 3. The predicted molar refractivity (Wildman–Crippen MR) is 72.5 cm³/mol. The van der Waals surface area contributed by atoms with Crippen LogP contribution in [0.1, 0.15) is 15.9 Å². The molecule has 3 nitrogen and oxygen atoms in total. The summed E-state index contributed by atoms with van der Waals surface area (Å²) in [5.41, 5.74) is 1.48. The van der Waals surface area contributed by atoms with E-state index in [1.54, 1.807) is 18.3 Å². The van der Waals surface area contributed by atoms with Crippen LogP contribution in [-0.4, -0.2) is 11.0 Å². The van der Waals surface area contributed by atoms with E-state index >= 15 is 0 Å². The second kappa shape index (κ2) is 5.77. The lowest BCUT2D eigenvalue weighted by atomic mass is 10.2. The highest BCUT2D eigenvalue weighted by Gasteiger charge is 2.11. The molecular weight excluding hydrogens is 329 g/mol. The Labute approximate surface area is 113 Å². The molecule has 0 fully saturated rings. The highest BCUT2D eigenvalue weighted by Crippen LogP contribution is 2.11. The van der Waals surface area contributed by atoms with Crippen LogP contribution in [-0.2, 0) is 11.3 Å². The molecule has 1 heterocycles. The topological polar surface area (TPSA) is 39.2 Å². The Balaban J connectivity index is 2.01. The van der Waals surface area contributed by atoms with E-state index in [9.17, 15) is 4.79 Å². The molecule has 2 rings (SSSR count). The molecule has 0 spiro atoms. The molecule has 0 aliphatic carbocycles. The summed E-state index contributed by atoms with van der Waals surface area (Å²) in [7, 11) is 0. The minimum absolute atomic E-state index is 0.282. The molecular formula is C13H10INO2. The molecule has 0 aliphatic heterocycles. The first-order chi connectivity index (χ1) is 8.27. The molecule has 0 amide bonds. The van der Waals surface area contributed by atoms with Gasteiger partial charge in [-0.2, -0.15) is 0 Å². The minimum Gasteiger partial charge on any atom is -0.457 e. The Kier molecular flexibility index (Phi) is 4.08. The lowest BCUT2D eigenvalue weighted by Crippen LogP contribution is -2.07. The van der Waals surface area contributed by atoms with Gasteiger partial charge in [0.05, 0.1) is 5.56 Å². The fraction of sp³-hybridized carbons (Fsp3) is 0.0769. The van der Waals surface area contributed by atoms with Crippen LogP contribution < -0.4 is 0 Å². The van der Waals surface area contributed by atoms with Crippen molar-refractivity contribution in [2.45, 2.75) is 6.61 Å². The molecule has 2 aromatic rings. The molecule has 1 aromatic carbocycles. The van der Waals surface area contributed by atoms with E-state index in [2.05, 4.69) is 4.98 Å². The zero-order valence-electron chi connectivity index (χ0n) is 8.97. The Morgan fingerprint density at radius 1 is 1.18 bits per heavy atom. The summed E-state index contributed by atoms with van der Waals surface area (Å²) in [5, 5.41) is 0. The average Bonchev–Trinajstić information content (AvgIpc) is 2.38. The van der Waals surface area contributed by atoms with Crippen molar-refractivity contribution in [2.24, 2.45) is 0 Å². The number of pyridine rings is 1. The van der Waals surface area contributed by atoms with Crippen molar-refractivity contribution in [3.8, 4) is 0 Å². The highest BCUT2D eigenvalue weighted by molar-refractivity contribution is 14.1. The van der Waals surface area contributed by atoms with Crippen molar-refractivity contribution in [2.75, 3.05) is 0 Å². The number of carbonyl (C=O) groups excluding carboxylic acids is 1. The zero-order valence-corrected chi connectivity index (χ0v) is 11.1. The molecule has 4 heteroatoms. The first-order valence-corrected chi connectivity index (χ1v) is 6.17. The monoisotopic (exact) mass is 339 g/mol. The molecule has 0 saturated carbocycles. The summed E-state index contributed by atoms with van der Waals surface area (Å²) in [6.45, 7) is 0.282. The van der Waals surface area contributed by atoms with E-state index in [0.29, 0.717) is 9.26 Å². The third-order valence-electron chi connectivity index (χ3n) is 2.19. The SMILES string of the molecule is O=C(OCc1ccccc1)c1cccnc1I. The molecule has 0 N–H and O–H groups in total. The average molecular weight is 339 g/mol. The van der Waals surface area contributed by atoms with Gasteiger partial charge in [-0.15, -0.1) is 0 Å².